The molecular formula is C35H54N4O7S. The van der Waals surface area contributed by atoms with Crippen molar-refractivity contribution in [1.82, 2.24) is 14.7 Å². The zero-order valence-corrected chi connectivity index (χ0v) is 29.9. The quantitative estimate of drug-likeness (QED) is 0.359. The number of hydrogen-bond acceptors (Lipinski definition) is 8. The van der Waals surface area contributed by atoms with Gasteiger partial charge in [0.05, 0.1) is 35.3 Å². The second-order valence-corrected chi connectivity index (χ2v) is 14.8. The summed E-state index contributed by atoms with van der Waals surface area (Å²) in [4.78, 5) is 32.7. The third-order valence-electron chi connectivity index (χ3n) is 8.51. The minimum absolute atomic E-state index is 0.0410. The van der Waals surface area contributed by atoms with E-state index in [1.165, 1.54) is 18.2 Å². The van der Waals surface area contributed by atoms with Gasteiger partial charge in [0.1, 0.15) is 5.75 Å². The lowest BCUT2D eigenvalue weighted by atomic mass is 10.0. The Kier molecular flexibility index (Phi) is 14.5. The molecule has 0 saturated heterocycles. The molecule has 0 fully saturated rings. The van der Waals surface area contributed by atoms with Gasteiger partial charge in [-0.1, -0.05) is 24.6 Å². The Morgan fingerprint density at radius 2 is 1.81 bits per heavy atom. The summed E-state index contributed by atoms with van der Waals surface area (Å²) in [5.74, 6) is -0.212. The largest absolute Gasteiger partial charge is 0.490 e. The van der Waals surface area contributed by atoms with E-state index < -0.39 is 22.0 Å². The van der Waals surface area contributed by atoms with Crippen LogP contribution in [0.15, 0.2) is 47.4 Å². The summed E-state index contributed by atoms with van der Waals surface area (Å²) in [6.45, 7) is 9.23. The Bertz CT molecular complexity index is 1420. The molecule has 0 radical (unpaired) electrons. The van der Waals surface area contributed by atoms with Crippen LogP contribution in [-0.4, -0.2) is 112 Å². The molecule has 0 saturated carbocycles. The number of aliphatic hydroxyl groups excluding tert-OH is 1. The van der Waals surface area contributed by atoms with Crippen molar-refractivity contribution in [2.75, 3.05) is 58.7 Å². The molecule has 2 amide bonds. The molecule has 4 atom stereocenters. The van der Waals surface area contributed by atoms with Crippen LogP contribution >= 0.6 is 0 Å². The molecule has 262 valence electrons. The third kappa shape index (κ3) is 11.5. The molecule has 0 unspecified atom stereocenters. The second kappa shape index (κ2) is 17.8. The molecule has 47 heavy (non-hydrogen) atoms. The van der Waals surface area contributed by atoms with E-state index >= 15 is 0 Å². The van der Waals surface area contributed by atoms with Crippen LogP contribution in [0.1, 0.15) is 68.8 Å². The molecule has 0 bridgehead atoms. The Morgan fingerprint density at radius 3 is 2.47 bits per heavy atom. The lowest BCUT2D eigenvalue weighted by Crippen LogP contribution is -2.48. The number of carbonyl (C=O) groups is 2. The minimum atomic E-state index is -3.92. The maximum Gasteiger partial charge on any atom is 0.261 e. The molecule has 0 aliphatic carbocycles. The highest BCUT2D eigenvalue weighted by atomic mass is 32.2. The fourth-order valence-corrected chi connectivity index (χ4v) is 6.54. The zero-order chi connectivity index (χ0) is 34.7. The topological polar surface area (TPSA) is 129 Å². The Hall–Kier alpha value is -3.19. The summed E-state index contributed by atoms with van der Waals surface area (Å²) in [5.41, 5.74) is 1.34. The van der Waals surface area contributed by atoms with E-state index in [2.05, 4.69) is 9.62 Å². The van der Waals surface area contributed by atoms with Crippen LogP contribution in [0.2, 0.25) is 0 Å². The normalized spacial score (nSPS) is 20.6. The number of ether oxygens (including phenoxy) is 2. The van der Waals surface area contributed by atoms with E-state index in [0.29, 0.717) is 25.3 Å². The predicted octanol–water partition coefficient (Wildman–Crippen LogP) is 4.39. The van der Waals surface area contributed by atoms with Gasteiger partial charge >= 0.3 is 0 Å². The van der Waals surface area contributed by atoms with Crippen molar-refractivity contribution in [1.29, 1.82) is 0 Å². The van der Waals surface area contributed by atoms with Gasteiger partial charge in [0.2, 0.25) is 5.91 Å². The van der Waals surface area contributed by atoms with Gasteiger partial charge in [-0.3, -0.25) is 14.3 Å². The average molecular weight is 675 g/mol. The maximum atomic E-state index is 14.3. The predicted molar refractivity (Wildman–Crippen MR) is 184 cm³/mol. The van der Waals surface area contributed by atoms with Crippen molar-refractivity contribution in [2.24, 2.45) is 5.92 Å². The zero-order valence-electron chi connectivity index (χ0n) is 29.1. The van der Waals surface area contributed by atoms with E-state index in [1.54, 1.807) is 48.0 Å². The number of aryl methyl sites for hydroxylation is 1. The summed E-state index contributed by atoms with van der Waals surface area (Å²) in [5, 5.41) is 10.2. The number of rotatable bonds is 11. The molecule has 1 aliphatic heterocycles. The lowest BCUT2D eigenvalue weighted by molar-refractivity contribution is -0.132. The number of anilines is 1. The molecule has 3 rings (SSSR count). The number of likely N-dealkylation sites (N-methyl/N-ethyl adjacent to an activating group) is 1. The summed E-state index contributed by atoms with van der Waals surface area (Å²) in [7, 11) is 1.83. The average Bonchev–Trinajstić information content (AvgIpc) is 3.02. The number of benzene rings is 2. The number of nitrogens with one attached hydrogen (secondary N) is 1. The van der Waals surface area contributed by atoms with Crippen molar-refractivity contribution in [3.8, 4) is 5.75 Å². The van der Waals surface area contributed by atoms with Gasteiger partial charge in [0.15, 0.2) is 0 Å². The number of carbonyl (C=O) groups excluding carboxylic acids is 2. The highest BCUT2D eigenvalue weighted by Gasteiger charge is 2.31. The summed E-state index contributed by atoms with van der Waals surface area (Å²) < 4.78 is 41.6. The van der Waals surface area contributed by atoms with Gasteiger partial charge in [0, 0.05) is 44.8 Å². The van der Waals surface area contributed by atoms with Crippen molar-refractivity contribution in [3.63, 3.8) is 0 Å². The number of amides is 2. The van der Waals surface area contributed by atoms with Crippen molar-refractivity contribution in [3.05, 3.63) is 53.6 Å². The van der Waals surface area contributed by atoms with Crippen molar-refractivity contribution in [2.45, 2.75) is 82.9 Å². The van der Waals surface area contributed by atoms with Gasteiger partial charge in [-0.25, -0.2) is 8.42 Å². The van der Waals surface area contributed by atoms with Crippen LogP contribution in [0.4, 0.5) is 5.69 Å². The van der Waals surface area contributed by atoms with Crippen LogP contribution in [-0.2, 0) is 19.6 Å². The van der Waals surface area contributed by atoms with Gasteiger partial charge in [-0.15, -0.1) is 0 Å². The smallest absolute Gasteiger partial charge is 0.261 e. The van der Waals surface area contributed by atoms with Gasteiger partial charge in [-0.05, 0) is 97.4 Å². The number of nitrogens with zero attached hydrogens (tertiary/aromatic N) is 3. The molecule has 2 aromatic carbocycles. The number of fused-ring (bicyclic) bond motifs is 1. The Balaban J connectivity index is 1.93. The molecular weight excluding hydrogens is 620 g/mol. The summed E-state index contributed by atoms with van der Waals surface area (Å²) >= 11 is 0. The maximum absolute atomic E-state index is 14.3. The highest BCUT2D eigenvalue weighted by molar-refractivity contribution is 7.92. The summed E-state index contributed by atoms with van der Waals surface area (Å²) in [6, 6.07) is 10.7. The van der Waals surface area contributed by atoms with Crippen molar-refractivity contribution < 1.29 is 32.6 Å². The Morgan fingerprint density at radius 1 is 1.11 bits per heavy atom. The first-order valence-corrected chi connectivity index (χ1v) is 18.0. The van der Waals surface area contributed by atoms with E-state index in [-0.39, 0.29) is 53.3 Å². The number of sulfonamides is 1. The molecule has 0 spiro atoms. The van der Waals surface area contributed by atoms with E-state index in [4.69, 9.17) is 9.47 Å². The van der Waals surface area contributed by atoms with E-state index in [9.17, 15) is 23.1 Å². The van der Waals surface area contributed by atoms with E-state index in [1.807, 2.05) is 34.9 Å². The minimum Gasteiger partial charge on any atom is -0.490 e. The van der Waals surface area contributed by atoms with Gasteiger partial charge in [-0.2, -0.15) is 0 Å². The Labute approximate surface area is 281 Å². The summed E-state index contributed by atoms with van der Waals surface area (Å²) in [6.07, 6.45) is 3.00. The molecule has 1 aliphatic rings. The molecule has 11 nitrogen and oxygen atoms in total. The molecule has 2 N–H and O–H groups in total. The van der Waals surface area contributed by atoms with Gasteiger partial charge in [0.25, 0.3) is 15.9 Å². The fraction of sp³-hybridized carbons (Fsp3) is 0.600. The lowest BCUT2D eigenvalue weighted by Gasteiger charge is -2.36. The molecule has 1 heterocycles. The van der Waals surface area contributed by atoms with Gasteiger partial charge < -0.3 is 29.3 Å². The first-order valence-electron chi connectivity index (χ1n) is 16.5. The van der Waals surface area contributed by atoms with Crippen LogP contribution < -0.4 is 9.46 Å². The van der Waals surface area contributed by atoms with Crippen LogP contribution in [0.3, 0.4) is 0 Å². The van der Waals surface area contributed by atoms with E-state index in [0.717, 1.165) is 37.8 Å². The standard InChI is InChI=1S/C35H54N4O7S/c1-25-13-16-30(17-14-25)47(43,44)36-29-15-18-32-31(21-29)35(42)39(27(3)24-40)22-26(2)33(45-20-9-8-11-28(4)46-32)23-38(7)34(41)12-10-19-37(5)6/h13-18,21,26-28,33,36,40H,8-12,19-20,22-24H2,1-7H3/t26-,27-,28+,33-/m0/s1. The van der Waals surface area contributed by atoms with Crippen LogP contribution in [0.25, 0.3) is 0 Å². The monoisotopic (exact) mass is 674 g/mol. The number of aliphatic hydroxyl groups is 1. The number of hydrogen-bond donors (Lipinski definition) is 2. The molecule has 2 aromatic rings. The van der Waals surface area contributed by atoms with Crippen LogP contribution in [0, 0.1) is 12.8 Å². The fourth-order valence-electron chi connectivity index (χ4n) is 5.49. The second-order valence-electron chi connectivity index (χ2n) is 13.1. The first-order chi connectivity index (χ1) is 22.2. The first kappa shape index (κ1) is 38.3. The molecule has 12 heteroatoms. The third-order valence-corrected chi connectivity index (χ3v) is 9.91. The molecule has 0 aromatic heterocycles. The highest BCUT2D eigenvalue weighted by Crippen LogP contribution is 2.29. The SMILES string of the molecule is Cc1ccc(S(=O)(=O)Nc2ccc3c(c2)C(=O)N([C@@H](C)CO)C[C@H](C)[C@H](CN(C)C(=O)CCCN(C)C)OCCCC[C@@H](C)O3)cc1. The van der Waals surface area contributed by atoms with Crippen LogP contribution in [0.5, 0.6) is 5.75 Å². The van der Waals surface area contributed by atoms with Crippen molar-refractivity contribution >= 4 is 27.5 Å².